The van der Waals surface area contributed by atoms with Crippen molar-refractivity contribution in [2.75, 3.05) is 19.8 Å². The topological polar surface area (TPSA) is 93.1 Å². The maximum Gasteiger partial charge on any atom is 0.333 e. The molecule has 0 bridgehead atoms. The molecule has 2 N–H and O–H groups in total. The molecule has 0 aliphatic carbocycles. The summed E-state index contributed by atoms with van der Waals surface area (Å²) in [5.74, 6) is -1.47. The van der Waals surface area contributed by atoms with E-state index in [1.165, 1.54) is 51.4 Å². The number of hydrogen-bond donors (Lipinski definition) is 2. The van der Waals surface area contributed by atoms with Crippen molar-refractivity contribution in [2.24, 2.45) is 0 Å². The summed E-state index contributed by atoms with van der Waals surface area (Å²) in [6, 6.07) is 0. The van der Waals surface area contributed by atoms with Crippen molar-refractivity contribution in [3.05, 3.63) is 36.5 Å². The Kier molecular flexibility index (Phi) is 21.9. The fraction of sp³-hybridized carbons (Fsp3) is 0.704. The van der Waals surface area contributed by atoms with Crippen LogP contribution in [0.1, 0.15) is 96.8 Å². The second-order valence-corrected chi connectivity index (χ2v) is 8.45. The molecule has 6 nitrogen and oxygen atoms in total. The minimum Gasteiger partial charge on any atom is -0.478 e. The molecule has 1 unspecified atom stereocenters. The third-order valence-electron chi connectivity index (χ3n) is 5.16. The zero-order chi connectivity index (χ0) is 24.6. The molecule has 0 amide bonds. The van der Waals surface area contributed by atoms with Gasteiger partial charge in [0.05, 0.1) is 18.8 Å². The van der Waals surface area contributed by atoms with E-state index in [4.69, 9.17) is 14.6 Å². The molecule has 0 fully saturated rings. The number of carboxylic acid groups (broad SMARTS) is 1. The number of aliphatic hydroxyl groups excluding tert-OH is 1. The molecule has 0 spiro atoms. The van der Waals surface area contributed by atoms with Crippen LogP contribution in [0.4, 0.5) is 0 Å². The third-order valence-corrected chi connectivity index (χ3v) is 5.16. The molecule has 0 saturated heterocycles. The number of carbonyl (C=O) groups excluding carboxylic acids is 1. The monoisotopic (exact) mass is 466 g/mol. The molecule has 190 valence electrons. The first-order chi connectivity index (χ1) is 16.0. The molecule has 0 aliphatic heterocycles. The number of aliphatic hydroxyl groups is 1. The van der Waals surface area contributed by atoms with Crippen LogP contribution in [0.15, 0.2) is 36.5 Å². The lowest BCUT2D eigenvalue weighted by atomic mass is 10.1. The van der Waals surface area contributed by atoms with Crippen LogP contribution in [0.5, 0.6) is 0 Å². The quantitative estimate of drug-likeness (QED) is 0.0813. The summed E-state index contributed by atoms with van der Waals surface area (Å²) >= 11 is 0. The van der Waals surface area contributed by atoms with Crippen molar-refractivity contribution in [2.45, 2.75) is 103 Å². The van der Waals surface area contributed by atoms with Crippen LogP contribution in [0, 0.1) is 0 Å². The van der Waals surface area contributed by atoms with E-state index in [0.717, 1.165) is 32.1 Å². The van der Waals surface area contributed by atoms with Crippen molar-refractivity contribution >= 4 is 11.9 Å². The number of allylic oxidation sites excluding steroid dienone is 4. The normalized spacial score (nSPS) is 12.4. The summed E-state index contributed by atoms with van der Waals surface area (Å²) in [6.45, 7) is 5.13. The summed E-state index contributed by atoms with van der Waals surface area (Å²) in [5, 5.41) is 18.3. The van der Waals surface area contributed by atoms with Crippen LogP contribution in [0.25, 0.3) is 0 Å². The number of carboxylic acids is 1. The van der Waals surface area contributed by atoms with Crippen molar-refractivity contribution in [1.29, 1.82) is 0 Å². The minimum atomic E-state index is -1.14. The van der Waals surface area contributed by atoms with Gasteiger partial charge in [0.25, 0.3) is 0 Å². The molecule has 0 radical (unpaired) electrons. The Morgan fingerprint density at radius 1 is 0.848 bits per heavy atom. The van der Waals surface area contributed by atoms with E-state index < -0.39 is 12.1 Å². The Morgan fingerprint density at radius 2 is 1.42 bits per heavy atom. The number of esters is 1. The Hall–Kier alpha value is -1.92. The van der Waals surface area contributed by atoms with E-state index in [0.29, 0.717) is 6.42 Å². The Balaban J connectivity index is 3.42. The molecule has 0 aliphatic rings. The summed E-state index contributed by atoms with van der Waals surface area (Å²) in [5.41, 5.74) is -0.0903. The summed E-state index contributed by atoms with van der Waals surface area (Å²) in [4.78, 5) is 22.3. The zero-order valence-electron chi connectivity index (χ0n) is 20.6. The summed E-state index contributed by atoms with van der Waals surface area (Å²) < 4.78 is 10.0. The van der Waals surface area contributed by atoms with Gasteiger partial charge in [0, 0.05) is 6.42 Å². The van der Waals surface area contributed by atoms with E-state index in [1.54, 1.807) is 0 Å². The molecule has 0 aromatic carbocycles. The van der Waals surface area contributed by atoms with Gasteiger partial charge in [-0.3, -0.25) is 4.79 Å². The van der Waals surface area contributed by atoms with E-state index in [1.807, 2.05) is 0 Å². The summed E-state index contributed by atoms with van der Waals surface area (Å²) in [6.07, 6.45) is 23.6. The number of unbranched alkanes of at least 4 members (excludes halogenated alkanes) is 10. The predicted octanol–water partition coefficient (Wildman–Crippen LogP) is 6.14. The highest BCUT2D eigenvalue weighted by molar-refractivity contribution is 5.85. The van der Waals surface area contributed by atoms with Gasteiger partial charge in [-0.05, 0) is 38.5 Å². The molecule has 6 heteroatoms. The van der Waals surface area contributed by atoms with Crippen molar-refractivity contribution in [1.82, 2.24) is 0 Å². The number of hydrogen-bond acceptors (Lipinski definition) is 5. The standard InChI is InChI=1S/C27H46O6/c1-3-4-5-6-7-8-9-10-11-12-13-14-15-16-17-18-19-20-26(29)33-23-25(28)22-32-21-24(2)27(30)31/h7-8,10-11,25,28H,2-6,9,12-23H2,1H3,(H,30,31). The van der Waals surface area contributed by atoms with Gasteiger partial charge in [0.2, 0.25) is 0 Å². The first kappa shape index (κ1) is 31.1. The van der Waals surface area contributed by atoms with Gasteiger partial charge in [-0.25, -0.2) is 4.79 Å². The lowest BCUT2D eigenvalue weighted by Gasteiger charge is -2.12. The molecule has 0 rings (SSSR count). The van der Waals surface area contributed by atoms with Crippen LogP contribution in [0.2, 0.25) is 0 Å². The largest absolute Gasteiger partial charge is 0.478 e. The van der Waals surface area contributed by atoms with E-state index >= 15 is 0 Å². The van der Waals surface area contributed by atoms with Crippen molar-refractivity contribution < 1.29 is 29.3 Å². The first-order valence-corrected chi connectivity index (χ1v) is 12.6. The lowest BCUT2D eigenvalue weighted by Crippen LogP contribution is -2.24. The molecule has 0 aromatic rings. The highest BCUT2D eigenvalue weighted by Gasteiger charge is 2.10. The fourth-order valence-electron chi connectivity index (χ4n) is 3.12. The van der Waals surface area contributed by atoms with Gasteiger partial charge >= 0.3 is 11.9 Å². The van der Waals surface area contributed by atoms with E-state index in [2.05, 4.69) is 37.8 Å². The fourth-order valence-corrected chi connectivity index (χ4v) is 3.12. The highest BCUT2D eigenvalue weighted by Crippen LogP contribution is 2.11. The molecule has 0 aromatic heterocycles. The van der Waals surface area contributed by atoms with Crippen LogP contribution in [-0.2, 0) is 19.1 Å². The maximum absolute atomic E-state index is 11.7. The minimum absolute atomic E-state index is 0.0903. The van der Waals surface area contributed by atoms with Gasteiger partial charge in [-0.2, -0.15) is 0 Å². The number of rotatable bonds is 23. The molecular weight excluding hydrogens is 420 g/mol. The molecular formula is C27H46O6. The number of carbonyl (C=O) groups is 2. The SMILES string of the molecule is C=C(COCC(O)COC(=O)CCCCCCCCCC=CCC=CCCCCC)C(=O)O. The van der Waals surface area contributed by atoms with Crippen LogP contribution in [-0.4, -0.2) is 48.1 Å². The zero-order valence-corrected chi connectivity index (χ0v) is 20.6. The molecule has 1 atom stereocenters. The third kappa shape index (κ3) is 23.0. The highest BCUT2D eigenvalue weighted by atomic mass is 16.5. The first-order valence-electron chi connectivity index (χ1n) is 12.6. The van der Waals surface area contributed by atoms with Gasteiger partial charge < -0.3 is 19.7 Å². The van der Waals surface area contributed by atoms with Crippen LogP contribution >= 0.6 is 0 Å². The van der Waals surface area contributed by atoms with Crippen molar-refractivity contribution in [3.8, 4) is 0 Å². The van der Waals surface area contributed by atoms with E-state index in [-0.39, 0.29) is 31.4 Å². The summed E-state index contributed by atoms with van der Waals surface area (Å²) in [7, 11) is 0. The number of aliphatic carboxylic acids is 1. The van der Waals surface area contributed by atoms with Gasteiger partial charge in [0.1, 0.15) is 12.7 Å². The second kappa shape index (κ2) is 23.2. The Morgan fingerprint density at radius 3 is 2.03 bits per heavy atom. The smallest absolute Gasteiger partial charge is 0.333 e. The molecule has 0 heterocycles. The lowest BCUT2D eigenvalue weighted by molar-refractivity contribution is -0.147. The number of ether oxygens (including phenoxy) is 2. The predicted molar refractivity (Wildman–Crippen MR) is 133 cm³/mol. The van der Waals surface area contributed by atoms with E-state index in [9.17, 15) is 14.7 Å². The molecule has 33 heavy (non-hydrogen) atoms. The molecule has 0 saturated carbocycles. The van der Waals surface area contributed by atoms with Crippen LogP contribution in [0.3, 0.4) is 0 Å². The Bertz CT molecular complexity index is 567. The average Bonchev–Trinajstić information content (AvgIpc) is 2.79. The average molecular weight is 467 g/mol. The van der Waals surface area contributed by atoms with Gasteiger partial charge in [-0.15, -0.1) is 0 Å². The Labute approximate surface area is 200 Å². The van der Waals surface area contributed by atoms with Crippen molar-refractivity contribution in [3.63, 3.8) is 0 Å². The van der Waals surface area contributed by atoms with Crippen LogP contribution < -0.4 is 0 Å². The second-order valence-electron chi connectivity index (χ2n) is 8.45. The van der Waals surface area contributed by atoms with Gasteiger partial charge in [-0.1, -0.05) is 82.8 Å². The maximum atomic E-state index is 11.7. The van der Waals surface area contributed by atoms with Gasteiger partial charge in [0.15, 0.2) is 0 Å².